The summed E-state index contributed by atoms with van der Waals surface area (Å²) >= 11 is 0. The predicted octanol–water partition coefficient (Wildman–Crippen LogP) is 4.03. The Morgan fingerprint density at radius 2 is 2.26 bits per heavy atom. The van der Waals surface area contributed by atoms with E-state index in [0.717, 1.165) is 43.1 Å². The summed E-state index contributed by atoms with van der Waals surface area (Å²) in [5.41, 5.74) is 1.69. The smallest absolute Gasteiger partial charge is 0.226 e. The molecule has 1 N–H and O–H groups in total. The molecule has 0 radical (unpaired) electrons. The summed E-state index contributed by atoms with van der Waals surface area (Å²) < 4.78 is 5.29. The Morgan fingerprint density at radius 3 is 3.04 bits per heavy atom. The molecule has 3 rings (SSSR count). The third-order valence-corrected chi connectivity index (χ3v) is 4.11. The van der Waals surface area contributed by atoms with E-state index in [1.54, 1.807) is 0 Å². The van der Waals surface area contributed by atoms with Crippen LogP contribution in [0.25, 0.3) is 0 Å². The van der Waals surface area contributed by atoms with Crippen molar-refractivity contribution in [2.45, 2.75) is 57.4 Å². The Kier molecular flexibility index (Phi) is 4.92. The molecule has 1 aromatic carbocycles. The minimum Gasteiger partial charge on any atom is -0.383 e. The van der Waals surface area contributed by atoms with Crippen molar-refractivity contribution in [3.8, 4) is 6.07 Å². The largest absolute Gasteiger partial charge is 0.383 e. The minimum absolute atomic E-state index is 0.369. The van der Waals surface area contributed by atoms with Crippen molar-refractivity contribution in [1.29, 1.82) is 5.26 Å². The van der Waals surface area contributed by atoms with Gasteiger partial charge >= 0.3 is 0 Å². The molecule has 1 aromatic heterocycles. The molecule has 0 amide bonds. The Labute approximate surface area is 136 Å². The van der Waals surface area contributed by atoms with Gasteiger partial charge in [-0.3, -0.25) is 0 Å². The molecule has 0 saturated heterocycles. The molecule has 1 atom stereocenters. The van der Waals surface area contributed by atoms with Gasteiger partial charge in [0, 0.05) is 24.1 Å². The van der Waals surface area contributed by atoms with Crippen molar-refractivity contribution in [2.75, 3.05) is 5.32 Å². The van der Waals surface area contributed by atoms with Crippen molar-refractivity contribution >= 4 is 5.69 Å². The van der Waals surface area contributed by atoms with E-state index in [1.165, 1.54) is 12.8 Å². The molecule has 0 bridgehead atoms. The fourth-order valence-electron chi connectivity index (χ4n) is 2.64. The van der Waals surface area contributed by atoms with Gasteiger partial charge in [0.05, 0.1) is 11.6 Å². The maximum absolute atomic E-state index is 8.92. The SMILES string of the molecule is CC(CCCCc1nc(C2CC2)no1)Nc1cccc(C#N)c1. The molecular formula is C18H22N4O. The number of benzene rings is 1. The summed E-state index contributed by atoms with van der Waals surface area (Å²) in [4.78, 5) is 4.45. The quantitative estimate of drug-likeness (QED) is 0.745. The van der Waals surface area contributed by atoms with E-state index in [0.29, 0.717) is 17.5 Å². The second-order valence-electron chi connectivity index (χ2n) is 6.30. The highest BCUT2D eigenvalue weighted by atomic mass is 16.5. The van der Waals surface area contributed by atoms with Crippen LogP contribution >= 0.6 is 0 Å². The van der Waals surface area contributed by atoms with Crippen LogP contribution in [0.3, 0.4) is 0 Å². The van der Waals surface area contributed by atoms with E-state index in [-0.39, 0.29) is 0 Å². The van der Waals surface area contributed by atoms with Crippen molar-refractivity contribution in [2.24, 2.45) is 0 Å². The third-order valence-electron chi connectivity index (χ3n) is 4.11. The maximum atomic E-state index is 8.92. The summed E-state index contributed by atoms with van der Waals surface area (Å²) in [5, 5.41) is 16.4. The molecule has 5 nitrogen and oxygen atoms in total. The lowest BCUT2D eigenvalue weighted by Gasteiger charge is -2.15. The average molecular weight is 310 g/mol. The maximum Gasteiger partial charge on any atom is 0.226 e. The van der Waals surface area contributed by atoms with Gasteiger partial charge in [0.1, 0.15) is 0 Å². The number of rotatable bonds is 8. The van der Waals surface area contributed by atoms with Gasteiger partial charge in [-0.2, -0.15) is 10.2 Å². The summed E-state index contributed by atoms with van der Waals surface area (Å²) in [6.07, 6.45) is 6.49. The molecule has 23 heavy (non-hydrogen) atoms. The molecular weight excluding hydrogens is 288 g/mol. The van der Waals surface area contributed by atoms with Crippen molar-refractivity contribution in [1.82, 2.24) is 10.1 Å². The van der Waals surface area contributed by atoms with Crippen LogP contribution in [0.5, 0.6) is 0 Å². The fraction of sp³-hybridized carbons (Fsp3) is 0.500. The van der Waals surface area contributed by atoms with Gasteiger partial charge in [0.15, 0.2) is 5.82 Å². The number of aryl methyl sites for hydroxylation is 1. The van der Waals surface area contributed by atoms with Crippen LogP contribution in [-0.2, 0) is 6.42 Å². The van der Waals surface area contributed by atoms with E-state index in [9.17, 15) is 0 Å². The lowest BCUT2D eigenvalue weighted by atomic mass is 10.1. The van der Waals surface area contributed by atoms with Crippen molar-refractivity contribution in [3.05, 3.63) is 41.5 Å². The van der Waals surface area contributed by atoms with Gasteiger partial charge in [-0.25, -0.2) is 0 Å². The molecule has 120 valence electrons. The minimum atomic E-state index is 0.369. The molecule has 5 heteroatoms. The van der Waals surface area contributed by atoms with Crippen LogP contribution in [0.4, 0.5) is 5.69 Å². The zero-order chi connectivity index (χ0) is 16.1. The van der Waals surface area contributed by atoms with Gasteiger partial charge in [-0.05, 0) is 50.8 Å². The molecule has 1 heterocycles. The van der Waals surface area contributed by atoms with Crippen LogP contribution < -0.4 is 5.32 Å². The predicted molar refractivity (Wildman–Crippen MR) is 88.1 cm³/mol. The van der Waals surface area contributed by atoms with Crippen LogP contribution in [-0.4, -0.2) is 16.2 Å². The summed E-state index contributed by atoms with van der Waals surface area (Å²) in [6, 6.07) is 10.1. The molecule has 1 unspecified atom stereocenters. The second-order valence-corrected chi connectivity index (χ2v) is 6.30. The van der Waals surface area contributed by atoms with Crippen LogP contribution in [0, 0.1) is 11.3 Å². The standard InChI is InChI=1S/C18H22N4O/c1-13(20-16-7-4-6-14(11-16)12-19)5-2-3-8-17-21-18(22-23-17)15-9-10-15/h4,6-7,11,13,15,20H,2-3,5,8-10H2,1H3. The number of nitriles is 1. The van der Waals surface area contributed by atoms with Crippen LogP contribution in [0.1, 0.15) is 62.2 Å². The first-order valence-electron chi connectivity index (χ1n) is 8.34. The number of hydrogen-bond acceptors (Lipinski definition) is 5. The van der Waals surface area contributed by atoms with Gasteiger partial charge in [-0.15, -0.1) is 0 Å². The summed E-state index contributed by atoms with van der Waals surface area (Å²) in [5.74, 6) is 2.22. The van der Waals surface area contributed by atoms with E-state index in [1.807, 2.05) is 24.3 Å². The van der Waals surface area contributed by atoms with Gasteiger partial charge in [0.2, 0.25) is 5.89 Å². The molecule has 1 aliphatic carbocycles. The Bertz CT molecular complexity index is 684. The highest BCUT2D eigenvalue weighted by Crippen LogP contribution is 2.38. The fourth-order valence-corrected chi connectivity index (χ4v) is 2.64. The zero-order valence-corrected chi connectivity index (χ0v) is 13.5. The topological polar surface area (TPSA) is 74.7 Å². The van der Waals surface area contributed by atoms with Gasteiger partial charge < -0.3 is 9.84 Å². The Hall–Kier alpha value is -2.35. The first-order chi connectivity index (χ1) is 11.2. The van der Waals surface area contributed by atoms with Gasteiger partial charge in [0.25, 0.3) is 0 Å². The molecule has 0 spiro atoms. The lowest BCUT2D eigenvalue weighted by Crippen LogP contribution is -2.15. The zero-order valence-electron chi connectivity index (χ0n) is 13.5. The number of hydrogen-bond donors (Lipinski definition) is 1. The highest BCUT2D eigenvalue weighted by Gasteiger charge is 2.28. The Balaban J connectivity index is 1.36. The molecule has 1 fully saturated rings. The molecule has 0 aliphatic heterocycles. The average Bonchev–Trinajstić information content (AvgIpc) is 3.31. The summed E-state index contributed by atoms with van der Waals surface area (Å²) in [7, 11) is 0. The second kappa shape index (κ2) is 7.28. The van der Waals surface area contributed by atoms with Crippen molar-refractivity contribution in [3.63, 3.8) is 0 Å². The van der Waals surface area contributed by atoms with E-state index in [2.05, 4.69) is 28.5 Å². The number of unbranched alkanes of at least 4 members (excludes halogenated alkanes) is 1. The molecule has 2 aromatic rings. The van der Waals surface area contributed by atoms with E-state index < -0.39 is 0 Å². The van der Waals surface area contributed by atoms with E-state index in [4.69, 9.17) is 9.78 Å². The van der Waals surface area contributed by atoms with E-state index >= 15 is 0 Å². The first kappa shape index (κ1) is 15.5. The highest BCUT2D eigenvalue weighted by molar-refractivity contribution is 5.49. The number of nitrogens with zero attached hydrogens (tertiary/aromatic N) is 3. The Morgan fingerprint density at radius 1 is 1.39 bits per heavy atom. The molecule has 1 saturated carbocycles. The number of aromatic nitrogens is 2. The third kappa shape index (κ3) is 4.56. The van der Waals surface area contributed by atoms with Crippen molar-refractivity contribution < 1.29 is 4.52 Å². The number of nitrogens with one attached hydrogen (secondary N) is 1. The van der Waals surface area contributed by atoms with Crippen LogP contribution in [0.2, 0.25) is 0 Å². The summed E-state index contributed by atoms with van der Waals surface area (Å²) in [6.45, 7) is 2.16. The number of anilines is 1. The monoisotopic (exact) mass is 310 g/mol. The van der Waals surface area contributed by atoms with Gasteiger partial charge in [-0.1, -0.05) is 17.6 Å². The normalized spacial score (nSPS) is 15.1. The molecule has 1 aliphatic rings. The van der Waals surface area contributed by atoms with Crippen LogP contribution in [0.15, 0.2) is 28.8 Å². The lowest BCUT2D eigenvalue weighted by molar-refractivity contribution is 0.368. The first-order valence-corrected chi connectivity index (χ1v) is 8.34.